The zero-order valence-electron chi connectivity index (χ0n) is 20.5. The van der Waals surface area contributed by atoms with Crippen LogP contribution in [0.1, 0.15) is 55.7 Å². The second kappa shape index (κ2) is 10.5. The Morgan fingerprint density at radius 1 is 0.973 bits per heavy atom. The van der Waals surface area contributed by atoms with Crippen LogP contribution in [0.3, 0.4) is 0 Å². The molecule has 2 aromatic heterocycles. The molecule has 1 saturated heterocycles. The highest BCUT2D eigenvalue weighted by Gasteiger charge is 2.31. The number of rotatable bonds is 6. The van der Waals surface area contributed by atoms with Gasteiger partial charge in [-0.05, 0) is 69.7 Å². The van der Waals surface area contributed by atoms with E-state index in [1.165, 1.54) is 18.2 Å². The molecule has 0 unspecified atom stereocenters. The van der Waals surface area contributed by atoms with Crippen molar-refractivity contribution in [1.82, 2.24) is 19.9 Å². The molecule has 0 bridgehead atoms. The molecule has 1 saturated carbocycles. The van der Waals surface area contributed by atoms with Crippen molar-refractivity contribution < 1.29 is 23.0 Å². The number of aliphatic hydroxyl groups excluding tert-OH is 1. The van der Waals surface area contributed by atoms with Gasteiger partial charge in [0, 0.05) is 31.3 Å². The molecular formula is C26H29F3N6O2. The molecule has 5 rings (SSSR count). The minimum absolute atomic E-state index is 0.232. The number of aromatic nitrogens is 4. The smallest absolute Gasteiger partial charge is 0.406 e. The number of alkyl halides is 3. The van der Waals surface area contributed by atoms with E-state index < -0.39 is 6.36 Å². The summed E-state index contributed by atoms with van der Waals surface area (Å²) in [7, 11) is 0. The third kappa shape index (κ3) is 6.46. The number of fused-ring (bicyclic) bond motifs is 1. The Hall–Kier alpha value is -3.47. The van der Waals surface area contributed by atoms with Gasteiger partial charge in [0.25, 0.3) is 0 Å². The first-order valence-electron chi connectivity index (χ1n) is 12.5. The molecule has 0 radical (unpaired) electrons. The largest absolute Gasteiger partial charge is 0.573 e. The predicted octanol–water partition coefficient (Wildman–Crippen LogP) is 5.11. The third-order valence-corrected chi connectivity index (χ3v) is 6.68. The Morgan fingerprint density at radius 3 is 2.46 bits per heavy atom. The number of nitrogens with one attached hydrogen (secondary N) is 1. The summed E-state index contributed by atoms with van der Waals surface area (Å²) in [4.78, 5) is 20.6. The Morgan fingerprint density at radius 2 is 1.73 bits per heavy atom. The number of nitrogens with zero attached hydrogens (tertiary/aromatic N) is 5. The molecular weight excluding hydrogens is 485 g/mol. The topological polar surface area (TPSA) is 96.3 Å². The van der Waals surface area contributed by atoms with Crippen LogP contribution in [-0.2, 0) is 0 Å². The molecule has 0 amide bonds. The first-order chi connectivity index (χ1) is 17.7. The number of aryl methyl sites for hydroxylation is 1. The standard InChI is InChI=1S/C26H29F3N6O2/c1-16-20(32-22-14-19(37-26(27,28)29)8-9-21(22)30-16)10-11-23-33-24(31-17-4-6-18(36)7-5-17)15-25(34-23)35-12-2-3-13-35/h8-11,14-15,17-18,36H,2-7,12-13H2,1H3,(H,31,33,34)/t17-,18-. The van der Waals surface area contributed by atoms with Crippen LogP contribution >= 0.6 is 0 Å². The molecule has 3 aromatic rings. The lowest BCUT2D eigenvalue weighted by molar-refractivity contribution is -0.274. The van der Waals surface area contributed by atoms with Crippen LogP contribution in [-0.4, -0.2) is 56.6 Å². The summed E-state index contributed by atoms with van der Waals surface area (Å²) in [5.74, 6) is 1.73. The SMILES string of the molecule is Cc1nc2ccc(OC(F)(F)F)cc2nc1C=Cc1nc(N[C@H]2CC[C@H](O)CC2)cc(N2CCCC2)n1. The fourth-order valence-corrected chi connectivity index (χ4v) is 4.78. The number of benzene rings is 1. The quantitative estimate of drug-likeness (QED) is 0.468. The molecule has 1 aliphatic carbocycles. The molecule has 1 aromatic carbocycles. The maximum absolute atomic E-state index is 12.6. The second-order valence-electron chi connectivity index (χ2n) is 9.54. The van der Waals surface area contributed by atoms with Crippen molar-refractivity contribution in [3.05, 3.63) is 41.5 Å². The van der Waals surface area contributed by atoms with Gasteiger partial charge >= 0.3 is 6.36 Å². The Balaban J connectivity index is 1.42. The van der Waals surface area contributed by atoms with Crippen LogP contribution in [0.4, 0.5) is 24.8 Å². The van der Waals surface area contributed by atoms with Crippen LogP contribution in [0.15, 0.2) is 24.3 Å². The van der Waals surface area contributed by atoms with Gasteiger partial charge in [-0.1, -0.05) is 0 Å². The number of hydrogen-bond acceptors (Lipinski definition) is 8. The van der Waals surface area contributed by atoms with E-state index in [9.17, 15) is 18.3 Å². The van der Waals surface area contributed by atoms with Crippen molar-refractivity contribution in [1.29, 1.82) is 0 Å². The molecule has 1 aliphatic heterocycles. The molecule has 2 fully saturated rings. The zero-order chi connectivity index (χ0) is 26.0. The van der Waals surface area contributed by atoms with E-state index in [2.05, 4.69) is 29.9 Å². The maximum atomic E-state index is 12.6. The highest BCUT2D eigenvalue weighted by atomic mass is 19.4. The lowest BCUT2D eigenvalue weighted by Crippen LogP contribution is -2.29. The van der Waals surface area contributed by atoms with Gasteiger partial charge in [0.1, 0.15) is 17.4 Å². The van der Waals surface area contributed by atoms with Crippen molar-refractivity contribution in [3.63, 3.8) is 0 Å². The van der Waals surface area contributed by atoms with E-state index in [1.807, 2.05) is 6.07 Å². The molecule has 2 N–H and O–H groups in total. The van der Waals surface area contributed by atoms with Crippen molar-refractivity contribution in [2.75, 3.05) is 23.3 Å². The monoisotopic (exact) mass is 514 g/mol. The van der Waals surface area contributed by atoms with E-state index in [-0.39, 0.29) is 17.9 Å². The third-order valence-electron chi connectivity index (χ3n) is 6.68. The lowest BCUT2D eigenvalue weighted by Gasteiger charge is -2.27. The Labute approximate surface area is 212 Å². The second-order valence-corrected chi connectivity index (χ2v) is 9.54. The van der Waals surface area contributed by atoms with Crippen LogP contribution in [0, 0.1) is 6.92 Å². The normalized spacial score (nSPS) is 20.6. The zero-order valence-corrected chi connectivity index (χ0v) is 20.5. The number of halogens is 3. The highest BCUT2D eigenvalue weighted by Crippen LogP contribution is 2.27. The molecule has 8 nitrogen and oxygen atoms in total. The molecule has 11 heteroatoms. The average molecular weight is 515 g/mol. The highest BCUT2D eigenvalue weighted by molar-refractivity contribution is 5.79. The molecule has 2 aliphatic rings. The van der Waals surface area contributed by atoms with E-state index >= 15 is 0 Å². The molecule has 37 heavy (non-hydrogen) atoms. The van der Waals surface area contributed by atoms with Crippen molar-refractivity contribution in [3.8, 4) is 5.75 Å². The van der Waals surface area contributed by atoms with Crippen molar-refractivity contribution in [2.45, 2.75) is 64.0 Å². The summed E-state index contributed by atoms with van der Waals surface area (Å²) in [6.45, 7) is 3.66. The Bertz CT molecular complexity index is 1290. The van der Waals surface area contributed by atoms with Gasteiger partial charge in [0.15, 0.2) is 5.82 Å². The van der Waals surface area contributed by atoms with Crippen LogP contribution in [0.25, 0.3) is 23.2 Å². The molecule has 3 heterocycles. The Kier molecular flexibility index (Phi) is 7.14. The van der Waals surface area contributed by atoms with E-state index in [4.69, 9.17) is 4.98 Å². The summed E-state index contributed by atoms with van der Waals surface area (Å²) < 4.78 is 41.9. The number of hydrogen-bond donors (Lipinski definition) is 2. The van der Waals surface area contributed by atoms with Gasteiger partial charge in [0.2, 0.25) is 0 Å². The first-order valence-corrected chi connectivity index (χ1v) is 12.5. The molecule has 0 spiro atoms. The number of ether oxygens (including phenoxy) is 1. The van der Waals surface area contributed by atoms with Gasteiger partial charge in [-0.25, -0.2) is 19.9 Å². The fourth-order valence-electron chi connectivity index (χ4n) is 4.78. The maximum Gasteiger partial charge on any atom is 0.573 e. The van der Waals surface area contributed by atoms with Gasteiger partial charge < -0.3 is 20.1 Å². The van der Waals surface area contributed by atoms with E-state index in [0.717, 1.165) is 63.3 Å². The molecule has 0 atom stereocenters. The first kappa shape index (κ1) is 25.2. The predicted molar refractivity (Wildman–Crippen MR) is 135 cm³/mol. The van der Waals surface area contributed by atoms with Crippen LogP contribution in [0.2, 0.25) is 0 Å². The van der Waals surface area contributed by atoms with Gasteiger partial charge in [-0.3, -0.25) is 0 Å². The number of aliphatic hydroxyl groups is 1. The van der Waals surface area contributed by atoms with Crippen LogP contribution in [0.5, 0.6) is 5.75 Å². The summed E-state index contributed by atoms with van der Waals surface area (Å²) in [5.41, 5.74) is 1.90. The van der Waals surface area contributed by atoms with E-state index in [0.29, 0.717) is 28.2 Å². The van der Waals surface area contributed by atoms with Gasteiger partial charge in [-0.2, -0.15) is 0 Å². The van der Waals surface area contributed by atoms with Gasteiger partial charge in [0.05, 0.1) is 28.5 Å². The summed E-state index contributed by atoms with van der Waals surface area (Å²) >= 11 is 0. The van der Waals surface area contributed by atoms with E-state index in [1.54, 1.807) is 19.1 Å². The van der Waals surface area contributed by atoms with Gasteiger partial charge in [-0.15, -0.1) is 13.2 Å². The fraction of sp³-hybridized carbons (Fsp3) is 0.462. The van der Waals surface area contributed by atoms with Crippen LogP contribution < -0.4 is 15.0 Å². The summed E-state index contributed by atoms with van der Waals surface area (Å²) in [6, 6.07) is 6.10. The molecule has 196 valence electrons. The minimum atomic E-state index is -4.78. The number of anilines is 2. The summed E-state index contributed by atoms with van der Waals surface area (Å²) in [5, 5.41) is 13.3. The van der Waals surface area contributed by atoms with Crippen molar-refractivity contribution >= 4 is 34.8 Å². The average Bonchev–Trinajstić information content (AvgIpc) is 3.39. The van der Waals surface area contributed by atoms with Crippen molar-refractivity contribution in [2.24, 2.45) is 0 Å². The summed E-state index contributed by atoms with van der Waals surface area (Å²) in [6.07, 6.45) is 3.97. The minimum Gasteiger partial charge on any atom is -0.406 e. The lowest BCUT2D eigenvalue weighted by atomic mass is 9.93.